The van der Waals surface area contributed by atoms with Gasteiger partial charge in [0.25, 0.3) is 0 Å². The van der Waals surface area contributed by atoms with Crippen LogP contribution in [0.1, 0.15) is 17.8 Å². The molecule has 0 radical (unpaired) electrons. The highest BCUT2D eigenvalue weighted by Gasteiger charge is 2.31. The van der Waals surface area contributed by atoms with E-state index in [1.165, 1.54) is 33.2 Å². The second kappa shape index (κ2) is 12.0. The first-order chi connectivity index (χ1) is 15.1. The van der Waals surface area contributed by atoms with Crippen molar-refractivity contribution >= 4 is 51.4 Å². The van der Waals surface area contributed by atoms with Gasteiger partial charge in [0.1, 0.15) is 24.7 Å². The predicted octanol–water partition coefficient (Wildman–Crippen LogP) is 2.74. The highest BCUT2D eigenvalue weighted by Crippen LogP contribution is 2.43. The molecule has 14 nitrogen and oxygen atoms in total. The van der Waals surface area contributed by atoms with Crippen molar-refractivity contribution in [2.45, 2.75) is 26.0 Å². The lowest BCUT2D eigenvalue weighted by Crippen LogP contribution is -2.29. The van der Waals surface area contributed by atoms with Gasteiger partial charge in [0.2, 0.25) is 0 Å². The maximum atomic E-state index is 12.9. The number of aryl methyl sites for hydroxylation is 2. The number of halogens is 2. The fourth-order valence-corrected chi connectivity index (χ4v) is 5.64. The van der Waals surface area contributed by atoms with Crippen LogP contribution in [-0.4, -0.2) is 57.4 Å². The number of nitrogens with zero attached hydrogens (tertiary/aromatic N) is 7. The van der Waals surface area contributed by atoms with Gasteiger partial charge >= 0.3 is 19.6 Å². The summed E-state index contributed by atoms with van der Waals surface area (Å²) in [4.78, 5) is 28.9. The van der Waals surface area contributed by atoms with Gasteiger partial charge in [-0.3, -0.25) is 9.09 Å². The summed E-state index contributed by atoms with van der Waals surface area (Å²) in [5, 5.41) is 23.4. The molecule has 0 aromatic carbocycles. The topological polar surface area (TPSA) is 177 Å². The number of aromatic nitrogens is 4. The van der Waals surface area contributed by atoms with E-state index in [9.17, 15) is 24.8 Å². The number of imidazole rings is 2. The van der Waals surface area contributed by atoms with Gasteiger partial charge in [0, 0.05) is 30.2 Å². The molecular formula is C15H23Br2N8O6P. The molecule has 32 heavy (non-hydrogen) atoms. The molecule has 1 atom stereocenters. The Morgan fingerprint density at radius 3 is 2.41 bits per heavy atom. The summed E-state index contributed by atoms with van der Waals surface area (Å²) in [5.41, 5.74) is 6.67. The monoisotopic (exact) mass is 600 g/mol. The quantitative estimate of drug-likeness (QED) is 0.146. The van der Waals surface area contributed by atoms with E-state index < -0.39 is 23.5 Å². The van der Waals surface area contributed by atoms with Crippen molar-refractivity contribution in [3.8, 4) is 0 Å². The van der Waals surface area contributed by atoms with Gasteiger partial charge < -0.3 is 20.2 Å². The lowest BCUT2D eigenvalue weighted by Gasteiger charge is -2.26. The van der Waals surface area contributed by atoms with Crippen LogP contribution < -0.4 is 5.50 Å². The zero-order chi connectivity index (χ0) is 23.9. The molecule has 2 aromatic rings. The third-order valence-corrected chi connectivity index (χ3v) is 6.97. The molecule has 0 spiro atoms. The van der Waals surface area contributed by atoms with Crippen molar-refractivity contribution in [1.82, 2.24) is 23.8 Å². The summed E-state index contributed by atoms with van der Waals surface area (Å²) in [6.07, 6.45) is 3.48. The van der Waals surface area contributed by atoms with Gasteiger partial charge in [-0.2, -0.15) is 0 Å². The molecule has 0 saturated carbocycles. The van der Waals surface area contributed by atoms with E-state index in [0.29, 0.717) is 41.6 Å². The molecule has 178 valence electrons. The van der Waals surface area contributed by atoms with Crippen LogP contribution in [0.5, 0.6) is 0 Å². The Hall–Kier alpha value is -1.71. The molecule has 0 aliphatic rings. The fraction of sp³-hybridized carbons (Fsp3) is 0.600. The van der Waals surface area contributed by atoms with E-state index in [0.717, 1.165) is 0 Å². The van der Waals surface area contributed by atoms with Gasteiger partial charge in [0.15, 0.2) is 5.69 Å². The highest BCUT2D eigenvalue weighted by atomic mass is 79.9. The van der Waals surface area contributed by atoms with Gasteiger partial charge in [-0.1, -0.05) is 41.8 Å². The Labute approximate surface area is 200 Å². The molecule has 0 aliphatic carbocycles. The third kappa shape index (κ3) is 6.65. The molecule has 0 bridgehead atoms. The van der Waals surface area contributed by atoms with Crippen molar-refractivity contribution in [3.05, 3.63) is 44.0 Å². The highest BCUT2D eigenvalue weighted by molar-refractivity contribution is 9.09. The Kier molecular flexibility index (Phi) is 9.91. The lowest BCUT2D eigenvalue weighted by atomic mass is 10.2. The minimum atomic E-state index is -3.66. The van der Waals surface area contributed by atoms with Gasteiger partial charge in [-0.25, -0.2) is 19.3 Å². The summed E-state index contributed by atoms with van der Waals surface area (Å²) < 4.78 is 22.6. The van der Waals surface area contributed by atoms with Crippen LogP contribution in [0.4, 0.5) is 11.9 Å². The molecule has 2 rings (SSSR count). The third-order valence-electron chi connectivity index (χ3n) is 4.57. The molecule has 0 amide bonds. The summed E-state index contributed by atoms with van der Waals surface area (Å²) >= 11 is 6.57. The zero-order valence-corrected chi connectivity index (χ0v) is 21.2. The second-order valence-electron chi connectivity index (χ2n) is 6.57. The molecule has 0 fully saturated rings. The van der Waals surface area contributed by atoms with Crippen LogP contribution in [-0.2, 0) is 35.7 Å². The van der Waals surface area contributed by atoms with Crippen molar-refractivity contribution in [2.75, 3.05) is 23.7 Å². The Balaban J connectivity index is 2.17. The summed E-state index contributed by atoms with van der Waals surface area (Å²) in [5.74, 6) is -0.680. The Morgan fingerprint density at radius 2 is 1.84 bits per heavy atom. The number of rotatable bonds is 14. The number of hydrogen-bond donors (Lipinski definition) is 1. The van der Waals surface area contributed by atoms with E-state index in [4.69, 9.17) is 10.0 Å². The first kappa shape index (κ1) is 26.5. The van der Waals surface area contributed by atoms with E-state index in [-0.39, 0.29) is 25.5 Å². The van der Waals surface area contributed by atoms with Crippen molar-refractivity contribution in [2.24, 2.45) is 12.6 Å². The van der Waals surface area contributed by atoms with Crippen LogP contribution in [0.25, 0.3) is 0 Å². The second-order valence-corrected chi connectivity index (χ2v) is 10.1. The molecule has 17 heteroatoms. The van der Waals surface area contributed by atoms with Gasteiger partial charge in [-0.05, 0) is 16.3 Å². The number of alkyl halides is 2. The number of nitro groups is 2. The summed E-state index contributed by atoms with van der Waals surface area (Å²) in [6, 6.07) is 0. The first-order valence-corrected chi connectivity index (χ1v) is 13.3. The van der Waals surface area contributed by atoms with E-state index >= 15 is 0 Å². The number of hydrogen-bond acceptors (Lipinski definition) is 8. The van der Waals surface area contributed by atoms with Gasteiger partial charge in [-0.15, -0.1) is 0 Å². The van der Waals surface area contributed by atoms with Gasteiger partial charge in [0.05, 0.1) is 13.6 Å². The molecule has 0 saturated heterocycles. The maximum absolute atomic E-state index is 12.9. The lowest BCUT2D eigenvalue weighted by molar-refractivity contribution is -0.396. The van der Waals surface area contributed by atoms with E-state index in [1.807, 2.05) is 0 Å². The largest absolute Gasteiger partial charge is 0.434 e. The number of nitrogens with two attached hydrogens (primary N) is 1. The van der Waals surface area contributed by atoms with E-state index in [1.54, 1.807) is 0 Å². The molecule has 2 aromatic heterocycles. The smallest absolute Gasteiger partial charge is 0.390 e. The molecule has 1 unspecified atom stereocenters. The Bertz CT molecular complexity index is 993. The SMILES string of the molecule is Cn1c([N+](=O)[O-])nc(CCCn2ccnc2[N+](=O)[O-])c1COP(N)(=O)N(CCBr)CCBr. The van der Waals surface area contributed by atoms with Crippen molar-refractivity contribution in [1.29, 1.82) is 0 Å². The predicted molar refractivity (Wildman–Crippen MR) is 123 cm³/mol. The van der Waals surface area contributed by atoms with Crippen LogP contribution in [0.15, 0.2) is 12.4 Å². The maximum Gasteiger partial charge on any atom is 0.434 e. The molecule has 2 heterocycles. The normalized spacial score (nSPS) is 13.4. The van der Waals surface area contributed by atoms with Crippen molar-refractivity contribution < 1.29 is 18.9 Å². The minimum Gasteiger partial charge on any atom is -0.390 e. The summed E-state index contributed by atoms with van der Waals surface area (Å²) in [6.45, 7) is 0.802. The molecule has 0 aliphatic heterocycles. The molecule has 2 N–H and O–H groups in total. The average molecular weight is 602 g/mol. The fourth-order valence-electron chi connectivity index (χ4n) is 3.00. The Morgan fingerprint density at radius 1 is 1.22 bits per heavy atom. The van der Waals surface area contributed by atoms with Crippen LogP contribution in [0.3, 0.4) is 0 Å². The van der Waals surface area contributed by atoms with Crippen molar-refractivity contribution in [3.63, 3.8) is 0 Å². The zero-order valence-electron chi connectivity index (χ0n) is 17.2. The average Bonchev–Trinajstić information content (AvgIpc) is 3.31. The molecular weight excluding hydrogens is 579 g/mol. The standard InChI is InChI=1S/C15H23Br2N8O6P/c1-21-13(11-31-32(18,30)23(8-4-16)9-5-17)12(20-15(21)25(28)29)3-2-7-22-10-6-19-14(22)24(26)27/h6,10H,2-5,7-9,11H2,1H3,(H2,18,30). The summed E-state index contributed by atoms with van der Waals surface area (Å²) in [7, 11) is -2.20. The van der Waals surface area contributed by atoms with E-state index in [2.05, 4.69) is 41.8 Å². The first-order valence-electron chi connectivity index (χ1n) is 9.37. The minimum absolute atomic E-state index is 0.243. The van der Waals surface area contributed by atoms with Crippen LogP contribution in [0, 0.1) is 20.2 Å². The van der Waals surface area contributed by atoms with Crippen LogP contribution >= 0.6 is 39.5 Å². The van der Waals surface area contributed by atoms with Crippen LogP contribution in [0.2, 0.25) is 0 Å².